The van der Waals surface area contributed by atoms with Crippen LogP contribution in [-0.2, 0) is 12.1 Å². The summed E-state index contributed by atoms with van der Waals surface area (Å²) in [6.45, 7) is 2.16. The summed E-state index contributed by atoms with van der Waals surface area (Å²) in [6, 6.07) is 2.04. The maximum atomic E-state index is 10.6. The topological polar surface area (TPSA) is 77.9 Å². The van der Waals surface area contributed by atoms with E-state index in [0.29, 0.717) is 18.7 Å². The summed E-state index contributed by atoms with van der Waals surface area (Å²) in [5.74, 6) is 0. The Balaban J connectivity index is 1.69. The highest BCUT2D eigenvalue weighted by Crippen LogP contribution is 2.30. The molecule has 2 aromatic heterocycles. The monoisotopic (exact) mass is 323 g/mol. The van der Waals surface area contributed by atoms with Crippen LogP contribution in [0, 0.1) is 0 Å². The quantitative estimate of drug-likeness (QED) is 0.883. The van der Waals surface area contributed by atoms with Crippen LogP contribution in [0.4, 0.5) is 0 Å². The van der Waals surface area contributed by atoms with E-state index in [9.17, 15) is 5.11 Å². The average molecular weight is 324 g/mol. The number of nitrogens with zero attached hydrogens (tertiary/aromatic N) is 4. The normalized spacial score (nSPS) is 23.9. The van der Waals surface area contributed by atoms with Gasteiger partial charge in [0.1, 0.15) is 11.3 Å². The second-order valence-corrected chi connectivity index (χ2v) is 5.77. The van der Waals surface area contributed by atoms with Crippen molar-refractivity contribution in [1.82, 2.24) is 25.3 Å². The van der Waals surface area contributed by atoms with Crippen molar-refractivity contribution in [2.24, 2.45) is 0 Å². The third-order valence-electron chi connectivity index (χ3n) is 3.39. The van der Waals surface area contributed by atoms with E-state index < -0.39 is 5.60 Å². The smallest absolute Gasteiger partial charge is 0.124 e. The Labute approximate surface area is 119 Å². The molecule has 3 rings (SSSR count). The average Bonchev–Trinajstić information content (AvgIpc) is 3.00. The van der Waals surface area contributed by atoms with Crippen molar-refractivity contribution in [2.45, 2.75) is 18.6 Å². The molecule has 0 aromatic carbocycles. The SMILES string of the molecule is O[C@]1(c2cn[nH]n2)CCN(Cc2cncc(Br)c2)C1. The molecule has 0 saturated carbocycles. The first-order chi connectivity index (χ1) is 9.16. The number of aliphatic hydroxyl groups is 1. The number of H-pyrrole nitrogens is 1. The number of aromatic amines is 1. The molecule has 19 heavy (non-hydrogen) atoms. The summed E-state index contributed by atoms with van der Waals surface area (Å²) in [7, 11) is 0. The number of likely N-dealkylation sites (tertiary alicyclic amines) is 1. The molecule has 1 aliphatic rings. The lowest BCUT2D eigenvalue weighted by atomic mass is 10.00. The molecule has 2 aromatic rings. The van der Waals surface area contributed by atoms with E-state index in [1.165, 1.54) is 0 Å². The fraction of sp³-hybridized carbons (Fsp3) is 0.417. The molecule has 1 atom stereocenters. The fourth-order valence-electron chi connectivity index (χ4n) is 2.44. The summed E-state index contributed by atoms with van der Waals surface area (Å²) in [4.78, 5) is 6.34. The van der Waals surface area contributed by atoms with Crippen LogP contribution >= 0.6 is 15.9 Å². The minimum absolute atomic E-state index is 0.562. The molecule has 7 heteroatoms. The van der Waals surface area contributed by atoms with Crippen molar-refractivity contribution in [3.63, 3.8) is 0 Å². The van der Waals surface area contributed by atoms with Gasteiger partial charge in [-0.1, -0.05) is 0 Å². The fourth-order valence-corrected chi connectivity index (χ4v) is 2.85. The molecule has 0 spiro atoms. The molecular weight excluding hydrogens is 310 g/mol. The maximum absolute atomic E-state index is 10.6. The number of β-amino-alcohol motifs (C(OH)–C–C–N with tert-alkyl or cyclic N) is 1. The third kappa shape index (κ3) is 2.68. The predicted octanol–water partition coefficient (Wildman–Crippen LogP) is 1.06. The first kappa shape index (κ1) is 12.7. The minimum Gasteiger partial charge on any atom is -0.382 e. The van der Waals surface area contributed by atoms with E-state index in [4.69, 9.17) is 0 Å². The Bertz CT molecular complexity index is 561. The Morgan fingerprint density at radius 2 is 2.32 bits per heavy atom. The zero-order valence-corrected chi connectivity index (χ0v) is 11.8. The van der Waals surface area contributed by atoms with Gasteiger partial charge in [0.2, 0.25) is 0 Å². The van der Waals surface area contributed by atoms with Gasteiger partial charge in [-0.15, -0.1) is 0 Å². The molecule has 6 nitrogen and oxygen atoms in total. The van der Waals surface area contributed by atoms with Crippen LogP contribution in [0.3, 0.4) is 0 Å². The lowest BCUT2D eigenvalue weighted by Crippen LogP contribution is -2.31. The van der Waals surface area contributed by atoms with E-state index in [1.54, 1.807) is 12.4 Å². The van der Waals surface area contributed by atoms with Crippen LogP contribution < -0.4 is 0 Å². The lowest BCUT2D eigenvalue weighted by molar-refractivity contribution is 0.0408. The molecule has 0 radical (unpaired) electrons. The zero-order chi connectivity index (χ0) is 13.3. The van der Waals surface area contributed by atoms with Crippen molar-refractivity contribution >= 4 is 15.9 Å². The van der Waals surface area contributed by atoms with Crippen molar-refractivity contribution in [3.05, 3.63) is 40.4 Å². The molecule has 100 valence electrons. The minimum atomic E-state index is -0.896. The van der Waals surface area contributed by atoms with Crippen LogP contribution in [0.15, 0.2) is 29.1 Å². The molecule has 2 N–H and O–H groups in total. The van der Waals surface area contributed by atoms with Gasteiger partial charge in [-0.05, 0) is 34.0 Å². The Morgan fingerprint density at radius 3 is 3.05 bits per heavy atom. The lowest BCUT2D eigenvalue weighted by Gasteiger charge is -2.21. The Hall–Kier alpha value is -1.31. The van der Waals surface area contributed by atoms with E-state index in [0.717, 1.165) is 23.1 Å². The third-order valence-corrected chi connectivity index (χ3v) is 3.82. The van der Waals surface area contributed by atoms with Crippen molar-refractivity contribution in [2.75, 3.05) is 13.1 Å². The molecule has 0 amide bonds. The number of pyridine rings is 1. The summed E-state index contributed by atoms with van der Waals surface area (Å²) in [5.41, 5.74) is 0.841. The highest BCUT2D eigenvalue weighted by atomic mass is 79.9. The summed E-state index contributed by atoms with van der Waals surface area (Å²) in [5, 5.41) is 20.9. The van der Waals surface area contributed by atoms with Crippen LogP contribution in [0.1, 0.15) is 17.7 Å². The summed E-state index contributed by atoms with van der Waals surface area (Å²) >= 11 is 3.41. The van der Waals surface area contributed by atoms with Gasteiger partial charge in [0.15, 0.2) is 0 Å². The number of hydrogen-bond acceptors (Lipinski definition) is 5. The standard InChI is InChI=1S/C12H14BrN5O/c13-10-3-9(4-14-5-10)7-18-2-1-12(19,8-18)11-6-15-17-16-11/h3-6,19H,1-2,7-8H2,(H,15,16,17)/t12-/m1/s1. The van der Waals surface area contributed by atoms with Crippen molar-refractivity contribution in [1.29, 1.82) is 0 Å². The first-order valence-electron chi connectivity index (χ1n) is 6.06. The van der Waals surface area contributed by atoms with Gasteiger partial charge < -0.3 is 5.11 Å². The van der Waals surface area contributed by atoms with Crippen LogP contribution in [0.2, 0.25) is 0 Å². The van der Waals surface area contributed by atoms with E-state index in [2.05, 4.69) is 41.2 Å². The second-order valence-electron chi connectivity index (χ2n) is 4.86. The van der Waals surface area contributed by atoms with Crippen LogP contribution in [-0.4, -0.2) is 43.5 Å². The summed E-state index contributed by atoms with van der Waals surface area (Å²) < 4.78 is 0.968. The Kier molecular flexibility index (Phi) is 3.34. The van der Waals surface area contributed by atoms with Gasteiger partial charge in [0, 0.05) is 36.5 Å². The maximum Gasteiger partial charge on any atom is 0.124 e. The number of hydrogen-bond donors (Lipinski definition) is 2. The molecule has 1 aliphatic heterocycles. The van der Waals surface area contributed by atoms with Crippen molar-refractivity contribution in [3.8, 4) is 0 Å². The molecule has 1 fully saturated rings. The van der Waals surface area contributed by atoms with Gasteiger partial charge in [0.05, 0.1) is 6.20 Å². The number of rotatable bonds is 3. The van der Waals surface area contributed by atoms with Crippen LogP contribution in [0.5, 0.6) is 0 Å². The number of halogens is 1. The van der Waals surface area contributed by atoms with E-state index in [-0.39, 0.29) is 0 Å². The molecule has 3 heterocycles. The molecule has 0 bridgehead atoms. The van der Waals surface area contributed by atoms with Gasteiger partial charge in [0.25, 0.3) is 0 Å². The zero-order valence-electron chi connectivity index (χ0n) is 10.3. The molecule has 0 unspecified atom stereocenters. The van der Waals surface area contributed by atoms with Gasteiger partial charge in [-0.25, -0.2) is 0 Å². The van der Waals surface area contributed by atoms with Gasteiger partial charge in [-0.3, -0.25) is 9.88 Å². The number of nitrogens with one attached hydrogen (secondary N) is 1. The van der Waals surface area contributed by atoms with E-state index in [1.807, 2.05) is 12.3 Å². The van der Waals surface area contributed by atoms with E-state index >= 15 is 0 Å². The van der Waals surface area contributed by atoms with Gasteiger partial charge in [-0.2, -0.15) is 15.4 Å². The second kappa shape index (κ2) is 4.99. The predicted molar refractivity (Wildman–Crippen MR) is 72.1 cm³/mol. The largest absolute Gasteiger partial charge is 0.382 e. The van der Waals surface area contributed by atoms with Crippen LogP contribution in [0.25, 0.3) is 0 Å². The highest BCUT2D eigenvalue weighted by molar-refractivity contribution is 9.10. The molecule has 1 saturated heterocycles. The highest BCUT2D eigenvalue weighted by Gasteiger charge is 2.39. The van der Waals surface area contributed by atoms with Gasteiger partial charge >= 0.3 is 0 Å². The van der Waals surface area contributed by atoms with Crippen molar-refractivity contribution < 1.29 is 5.11 Å². The number of aromatic nitrogens is 4. The first-order valence-corrected chi connectivity index (χ1v) is 6.85. The Morgan fingerprint density at radius 1 is 1.42 bits per heavy atom. The molecule has 0 aliphatic carbocycles. The molecular formula is C12H14BrN5O. The summed E-state index contributed by atoms with van der Waals surface area (Å²) in [6.07, 6.45) is 5.86.